The highest BCUT2D eigenvalue weighted by Gasteiger charge is 2.32. The number of nitrogens with zero attached hydrogens (tertiary/aromatic N) is 4. The van der Waals surface area contributed by atoms with Crippen LogP contribution in [-0.4, -0.2) is 47.5 Å². The lowest BCUT2D eigenvalue weighted by Crippen LogP contribution is -2.37. The van der Waals surface area contributed by atoms with Crippen LogP contribution in [0.1, 0.15) is 82.6 Å². The third kappa shape index (κ3) is 5.60. The molecule has 1 aromatic carbocycles. The number of anilines is 1. The number of aliphatic hydroxyl groups is 2. The van der Waals surface area contributed by atoms with E-state index in [1.807, 2.05) is 18.4 Å². The van der Waals surface area contributed by atoms with Gasteiger partial charge in [0.2, 0.25) is 5.95 Å². The number of aliphatic hydroxyl groups excluding tert-OH is 1. The minimum absolute atomic E-state index is 0.0417. The molecule has 3 aromatic rings. The fourth-order valence-electron chi connectivity index (χ4n) is 5.86. The second kappa shape index (κ2) is 10.2. The number of imidazole rings is 1. The maximum atomic E-state index is 14.5. The molecular formula is C27H34F3N5O2. The quantitative estimate of drug-likeness (QED) is 0.424. The predicted octanol–water partition coefficient (Wildman–Crippen LogP) is 5.05. The first kappa shape index (κ1) is 25.9. The summed E-state index contributed by atoms with van der Waals surface area (Å²) in [6.07, 6.45) is 7.28. The molecule has 3 N–H and O–H groups in total. The van der Waals surface area contributed by atoms with Gasteiger partial charge in [0, 0.05) is 36.2 Å². The van der Waals surface area contributed by atoms with Gasteiger partial charge in [-0.15, -0.1) is 0 Å². The fourth-order valence-corrected chi connectivity index (χ4v) is 5.86. The van der Waals surface area contributed by atoms with Crippen LogP contribution in [-0.2, 0) is 6.42 Å². The summed E-state index contributed by atoms with van der Waals surface area (Å²) in [6.45, 7) is 3.71. The van der Waals surface area contributed by atoms with Crippen LogP contribution in [0.3, 0.4) is 0 Å². The largest absolute Gasteiger partial charge is 0.393 e. The van der Waals surface area contributed by atoms with E-state index in [1.165, 1.54) is 0 Å². The van der Waals surface area contributed by atoms with Crippen molar-refractivity contribution in [2.75, 3.05) is 5.32 Å². The number of aromatic nitrogens is 4. The normalized spacial score (nSPS) is 24.9. The molecule has 200 valence electrons. The van der Waals surface area contributed by atoms with Gasteiger partial charge in [0.1, 0.15) is 28.8 Å². The van der Waals surface area contributed by atoms with Gasteiger partial charge in [-0.05, 0) is 71.1 Å². The Balaban J connectivity index is 1.45. The average Bonchev–Trinajstić information content (AvgIpc) is 3.19. The van der Waals surface area contributed by atoms with E-state index in [-0.39, 0.29) is 36.1 Å². The van der Waals surface area contributed by atoms with Crippen LogP contribution in [0.5, 0.6) is 0 Å². The van der Waals surface area contributed by atoms with E-state index in [2.05, 4.69) is 15.3 Å². The topological polar surface area (TPSA) is 96.1 Å². The summed E-state index contributed by atoms with van der Waals surface area (Å²) in [4.78, 5) is 13.8. The van der Waals surface area contributed by atoms with Crippen molar-refractivity contribution >= 4 is 17.1 Å². The molecule has 5 rings (SSSR count). The molecule has 10 heteroatoms. The number of benzene rings is 1. The second-order valence-electron chi connectivity index (χ2n) is 11.1. The lowest BCUT2D eigenvalue weighted by Gasteiger charge is -2.36. The molecule has 0 radical (unpaired) electrons. The van der Waals surface area contributed by atoms with Gasteiger partial charge in [-0.2, -0.15) is 4.98 Å². The van der Waals surface area contributed by atoms with Gasteiger partial charge in [-0.3, -0.25) is 0 Å². The fraction of sp³-hybridized carbons (Fsp3) is 0.593. The van der Waals surface area contributed by atoms with Gasteiger partial charge >= 0.3 is 0 Å². The Morgan fingerprint density at radius 1 is 0.973 bits per heavy atom. The average molecular weight is 518 g/mol. The summed E-state index contributed by atoms with van der Waals surface area (Å²) in [5.41, 5.74) is 0.145. The Hall–Kier alpha value is -2.72. The lowest BCUT2D eigenvalue weighted by molar-refractivity contribution is -0.000416. The smallest absolute Gasteiger partial charge is 0.224 e. The molecule has 2 saturated carbocycles. The lowest BCUT2D eigenvalue weighted by atomic mass is 9.77. The zero-order valence-corrected chi connectivity index (χ0v) is 21.2. The van der Waals surface area contributed by atoms with Crippen LogP contribution in [0.2, 0.25) is 0 Å². The zero-order valence-electron chi connectivity index (χ0n) is 21.2. The molecule has 2 aliphatic carbocycles. The van der Waals surface area contributed by atoms with Crippen molar-refractivity contribution in [2.45, 2.75) is 95.4 Å². The minimum Gasteiger partial charge on any atom is -0.393 e. The monoisotopic (exact) mass is 517 g/mol. The molecule has 2 aromatic heterocycles. The third-order valence-electron chi connectivity index (χ3n) is 8.04. The van der Waals surface area contributed by atoms with Gasteiger partial charge < -0.3 is 20.1 Å². The Bertz CT molecular complexity index is 1240. The van der Waals surface area contributed by atoms with Gasteiger partial charge in [-0.1, -0.05) is 0 Å². The Kier molecular flexibility index (Phi) is 7.15. The Morgan fingerprint density at radius 2 is 1.62 bits per heavy atom. The van der Waals surface area contributed by atoms with Gasteiger partial charge in [0.25, 0.3) is 0 Å². The summed E-state index contributed by atoms with van der Waals surface area (Å²) in [6, 6.07) is 1.49. The van der Waals surface area contributed by atoms with Crippen LogP contribution in [0, 0.1) is 23.4 Å². The zero-order chi connectivity index (χ0) is 26.3. The van der Waals surface area contributed by atoms with E-state index in [9.17, 15) is 23.4 Å². The van der Waals surface area contributed by atoms with Gasteiger partial charge in [-0.25, -0.2) is 23.1 Å². The number of nitrogens with one attached hydrogen (secondary N) is 1. The van der Waals surface area contributed by atoms with E-state index in [1.54, 1.807) is 6.20 Å². The van der Waals surface area contributed by atoms with Crippen molar-refractivity contribution in [3.05, 3.63) is 47.2 Å². The predicted molar refractivity (Wildman–Crippen MR) is 134 cm³/mol. The van der Waals surface area contributed by atoms with E-state index in [4.69, 9.17) is 4.98 Å². The van der Waals surface area contributed by atoms with Crippen LogP contribution in [0.4, 0.5) is 19.1 Å². The van der Waals surface area contributed by atoms with Crippen LogP contribution in [0.25, 0.3) is 11.2 Å². The number of hydrogen-bond acceptors (Lipinski definition) is 6. The third-order valence-corrected chi connectivity index (χ3v) is 8.04. The number of halogens is 3. The van der Waals surface area contributed by atoms with Crippen molar-refractivity contribution in [1.82, 2.24) is 19.5 Å². The highest BCUT2D eigenvalue weighted by Crippen LogP contribution is 2.35. The van der Waals surface area contributed by atoms with Gasteiger partial charge in [0.05, 0.1) is 17.9 Å². The van der Waals surface area contributed by atoms with Crippen molar-refractivity contribution < 1.29 is 23.4 Å². The van der Waals surface area contributed by atoms with E-state index in [0.717, 1.165) is 25.7 Å². The highest BCUT2D eigenvalue weighted by molar-refractivity contribution is 5.72. The van der Waals surface area contributed by atoms with E-state index < -0.39 is 23.1 Å². The minimum atomic E-state index is -0.966. The first-order valence-corrected chi connectivity index (χ1v) is 13.1. The second-order valence-corrected chi connectivity index (χ2v) is 11.1. The standard InChI is InChI=1S/C27H34F3N5O2/c1-27(2,37)15-3-5-17(6-4-15)32-26-31-14-23-25(34-26)35(18-7-9-19(36)10-8-18)24(33-23)13-20-21(29)11-16(28)12-22(20)30/h11-12,14-15,17-19,36-37H,3-10,13H2,1-2H3,(H,31,32,34)/t15-,17-,18-,19+. The summed E-state index contributed by atoms with van der Waals surface area (Å²) in [5, 5.41) is 23.8. The van der Waals surface area contributed by atoms with E-state index >= 15 is 0 Å². The molecule has 7 nitrogen and oxygen atoms in total. The van der Waals surface area contributed by atoms with Crippen LogP contribution in [0.15, 0.2) is 18.3 Å². The van der Waals surface area contributed by atoms with E-state index in [0.29, 0.717) is 60.8 Å². The molecule has 0 unspecified atom stereocenters. The molecule has 2 aliphatic rings. The summed E-state index contributed by atoms with van der Waals surface area (Å²) >= 11 is 0. The molecule has 0 amide bonds. The molecule has 2 fully saturated rings. The SMILES string of the molecule is CC(C)(O)[C@H]1CC[C@H](Nc2ncc3nc(Cc4c(F)cc(F)cc4F)n([C@H]4CC[C@@H](O)CC4)c3n2)CC1. The Morgan fingerprint density at radius 3 is 2.24 bits per heavy atom. The van der Waals surface area contributed by atoms with Crippen molar-refractivity contribution in [1.29, 1.82) is 0 Å². The highest BCUT2D eigenvalue weighted by atomic mass is 19.1. The summed E-state index contributed by atoms with van der Waals surface area (Å²) in [7, 11) is 0. The first-order chi connectivity index (χ1) is 17.6. The Labute approximate surface area is 214 Å². The summed E-state index contributed by atoms with van der Waals surface area (Å²) in [5.74, 6) is -1.73. The molecule has 0 aliphatic heterocycles. The summed E-state index contributed by atoms with van der Waals surface area (Å²) < 4.78 is 44.4. The molecular weight excluding hydrogens is 483 g/mol. The first-order valence-electron chi connectivity index (χ1n) is 13.1. The molecule has 0 saturated heterocycles. The van der Waals surface area contributed by atoms with Crippen molar-refractivity contribution in [3.8, 4) is 0 Å². The maximum Gasteiger partial charge on any atom is 0.224 e. The number of fused-ring (bicyclic) bond motifs is 1. The molecule has 0 bridgehead atoms. The van der Waals surface area contributed by atoms with Gasteiger partial charge in [0.15, 0.2) is 5.65 Å². The maximum absolute atomic E-state index is 14.5. The van der Waals surface area contributed by atoms with Crippen molar-refractivity contribution in [2.24, 2.45) is 5.92 Å². The molecule has 0 atom stereocenters. The van der Waals surface area contributed by atoms with Crippen LogP contribution < -0.4 is 5.32 Å². The molecule has 37 heavy (non-hydrogen) atoms. The van der Waals surface area contributed by atoms with Crippen molar-refractivity contribution in [3.63, 3.8) is 0 Å². The molecule has 2 heterocycles. The van der Waals surface area contributed by atoms with Crippen LogP contribution >= 0.6 is 0 Å². The number of hydrogen-bond donors (Lipinski definition) is 3. The number of rotatable bonds is 6. The molecule has 0 spiro atoms.